The second kappa shape index (κ2) is 7.27. The fraction of sp³-hybridized carbons (Fsp3) is 0.176. The maximum atomic E-state index is 12.2. The Morgan fingerprint density at radius 3 is 2.72 bits per heavy atom. The topological polar surface area (TPSA) is 94.3 Å². The summed E-state index contributed by atoms with van der Waals surface area (Å²) in [7, 11) is 0. The summed E-state index contributed by atoms with van der Waals surface area (Å²) in [6.45, 7) is 3.18. The molecule has 0 radical (unpaired) electrons. The first-order valence-corrected chi connectivity index (χ1v) is 8.37. The molecule has 0 fully saturated rings. The van der Waals surface area contributed by atoms with Crippen molar-refractivity contribution in [2.45, 2.75) is 20.0 Å². The van der Waals surface area contributed by atoms with Crippen molar-refractivity contribution in [3.63, 3.8) is 0 Å². The molecular weight excluding hydrogens is 342 g/mol. The molecule has 0 saturated carbocycles. The monoisotopic (exact) mass is 357 g/mol. The van der Waals surface area contributed by atoms with Gasteiger partial charge >= 0.3 is 5.97 Å². The van der Waals surface area contributed by atoms with Gasteiger partial charge in [-0.2, -0.15) is 0 Å². The lowest BCUT2D eigenvalue weighted by Crippen LogP contribution is -2.30. The predicted molar refractivity (Wildman–Crippen MR) is 92.3 cm³/mol. The Labute approximate surface area is 147 Å². The molecule has 1 atom stereocenters. The number of benzene rings is 1. The second-order valence-electron chi connectivity index (χ2n) is 5.26. The first-order chi connectivity index (χ1) is 12.0. The predicted octanol–water partition coefficient (Wildman–Crippen LogP) is 3.29. The molecule has 1 unspecified atom stereocenters. The van der Waals surface area contributed by atoms with E-state index in [4.69, 9.17) is 9.26 Å². The van der Waals surface area contributed by atoms with Gasteiger partial charge in [0.25, 0.3) is 5.91 Å². The van der Waals surface area contributed by atoms with Crippen LogP contribution < -0.4 is 5.32 Å². The highest BCUT2D eigenvalue weighted by molar-refractivity contribution is 7.13. The number of ether oxygens (including phenoxy) is 1. The fourth-order valence-corrected chi connectivity index (χ4v) is 2.80. The number of aromatic nitrogens is 2. The molecule has 0 aliphatic heterocycles. The van der Waals surface area contributed by atoms with Crippen LogP contribution in [0.15, 0.2) is 46.3 Å². The second-order valence-corrected chi connectivity index (χ2v) is 6.12. The van der Waals surface area contributed by atoms with Gasteiger partial charge in [-0.25, -0.2) is 9.78 Å². The van der Waals surface area contributed by atoms with Crippen LogP contribution in [-0.4, -0.2) is 28.1 Å². The van der Waals surface area contributed by atoms with Crippen LogP contribution in [0, 0.1) is 6.92 Å². The molecule has 0 bridgehead atoms. The van der Waals surface area contributed by atoms with Crippen molar-refractivity contribution >= 4 is 29.0 Å². The summed E-state index contributed by atoms with van der Waals surface area (Å²) in [5.74, 6) is -0.320. The molecule has 2 heterocycles. The molecule has 1 aromatic carbocycles. The molecule has 3 aromatic rings. The van der Waals surface area contributed by atoms with Gasteiger partial charge < -0.3 is 14.6 Å². The number of anilines is 1. The van der Waals surface area contributed by atoms with E-state index in [1.54, 1.807) is 18.4 Å². The normalized spacial score (nSPS) is 11.8. The number of aryl methyl sites for hydroxylation is 1. The molecule has 0 saturated heterocycles. The van der Waals surface area contributed by atoms with Crippen molar-refractivity contribution in [3.05, 3.63) is 53.2 Å². The van der Waals surface area contributed by atoms with E-state index in [0.29, 0.717) is 10.8 Å². The van der Waals surface area contributed by atoms with Crippen LogP contribution in [0.3, 0.4) is 0 Å². The lowest BCUT2D eigenvalue weighted by Gasteiger charge is -2.11. The Morgan fingerprint density at radius 2 is 2.04 bits per heavy atom. The molecule has 128 valence electrons. The molecular formula is C17H15N3O4S. The van der Waals surface area contributed by atoms with Crippen LogP contribution >= 0.6 is 11.3 Å². The van der Waals surface area contributed by atoms with Crippen LogP contribution in [0.25, 0.3) is 10.6 Å². The molecule has 2 aromatic heterocycles. The van der Waals surface area contributed by atoms with E-state index in [1.807, 2.05) is 30.3 Å². The Balaban J connectivity index is 1.62. The third kappa shape index (κ3) is 4.10. The third-order valence-corrected chi connectivity index (χ3v) is 4.16. The van der Waals surface area contributed by atoms with Crippen LogP contribution in [0.2, 0.25) is 0 Å². The number of nitrogens with one attached hydrogen (secondary N) is 1. The Kier molecular flexibility index (Phi) is 4.90. The maximum absolute atomic E-state index is 12.2. The standard InChI is InChI=1S/C17H15N3O4S/c1-10-8-14(20-24-10)19-15(21)11(2)23-17(22)13-9-25-16(18-13)12-6-4-3-5-7-12/h3-9,11H,1-2H3,(H,19,20,21). The summed E-state index contributed by atoms with van der Waals surface area (Å²) in [5.41, 5.74) is 1.08. The summed E-state index contributed by atoms with van der Waals surface area (Å²) in [6, 6.07) is 11.1. The number of rotatable bonds is 5. The number of nitrogens with zero attached hydrogens (tertiary/aromatic N) is 2. The molecule has 1 amide bonds. The average molecular weight is 357 g/mol. The Bertz CT molecular complexity index is 888. The minimum atomic E-state index is -0.994. The number of hydrogen-bond donors (Lipinski definition) is 1. The van der Waals surface area contributed by atoms with E-state index in [0.717, 1.165) is 5.56 Å². The van der Waals surface area contributed by atoms with E-state index in [9.17, 15) is 9.59 Å². The highest BCUT2D eigenvalue weighted by Crippen LogP contribution is 2.23. The number of carbonyl (C=O) groups is 2. The van der Waals surface area contributed by atoms with Gasteiger partial charge in [0.05, 0.1) is 0 Å². The van der Waals surface area contributed by atoms with Crippen LogP contribution in [0.4, 0.5) is 5.82 Å². The smallest absolute Gasteiger partial charge is 0.358 e. The van der Waals surface area contributed by atoms with Gasteiger partial charge in [0, 0.05) is 17.0 Å². The molecule has 7 nitrogen and oxygen atoms in total. The van der Waals surface area contributed by atoms with E-state index in [2.05, 4.69) is 15.5 Å². The molecule has 0 aliphatic rings. The van der Waals surface area contributed by atoms with Gasteiger partial charge in [-0.1, -0.05) is 35.5 Å². The minimum absolute atomic E-state index is 0.167. The zero-order chi connectivity index (χ0) is 17.8. The largest absolute Gasteiger partial charge is 0.448 e. The summed E-state index contributed by atoms with van der Waals surface area (Å²) >= 11 is 1.34. The third-order valence-electron chi connectivity index (χ3n) is 3.27. The van der Waals surface area contributed by atoms with Crippen molar-refractivity contribution in [2.24, 2.45) is 0 Å². The highest BCUT2D eigenvalue weighted by Gasteiger charge is 2.22. The molecule has 3 rings (SSSR count). The fourth-order valence-electron chi connectivity index (χ4n) is 2.01. The molecule has 1 N–H and O–H groups in total. The van der Waals surface area contributed by atoms with E-state index < -0.39 is 18.0 Å². The van der Waals surface area contributed by atoms with Crippen LogP contribution in [-0.2, 0) is 9.53 Å². The zero-order valence-corrected chi connectivity index (χ0v) is 14.4. The zero-order valence-electron chi connectivity index (χ0n) is 13.6. The number of carbonyl (C=O) groups excluding carboxylic acids is 2. The van der Waals surface area contributed by atoms with Crippen molar-refractivity contribution < 1.29 is 18.8 Å². The van der Waals surface area contributed by atoms with Gasteiger partial charge in [-0.15, -0.1) is 11.3 Å². The van der Waals surface area contributed by atoms with E-state index in [-0.39, 0.29) is 11.5 Å². The molecule has 8 heteroatoms. The SMILES string of the molecule is Cc1cc(NC(=O)C(C)OC(=O)c2csc(-c3ccccc3)n2)no1. The van der Waals surface area contributed by atoms with Crippen LogP contribution in [0.5, 0.6) is 0 Å². The van der Waals surface area contributed by atoms with Gasteiger partial charge in [-0.3, -0.25) is 4.79 Å². The van der Waals surface area contributed by atoms with Gasteiger partial charge in [0.2, 0.25) is 0 Å². The summed E-state index contributed by atoms with van der Waals surface area (Å²) in [6.07, 6.45) is -0.994. The maximum Gasteiger partial charge on any atom is 0.358 e. The number of amides is 1. The first kappa shape index (κ1) is 16.8. The lowest BCUT2D eigenvalue weighted by molar-refractivity contribution is -0.123. The first-order valence-electron chi connectivity index (χ1n) is 7.49. The molecule has 0 spiro atoms. The summed E-state index contributed by atoms with van der Waals surface area (Å²) in [4.78, 5) is 28.5. The number of esters is 1. The Hall–Kier alpha value is -3.00. The van der Waals surface area contributed by atoms with Crippen LogP contribution in [0.1, 0.15) is 23.2 Å². The van der Waals surface area contributed by atoms with Crippen molar-refractivity contribution in [2.75, 3.05) is 5.32 Å². The average Bonchev–Trinajstić information content (AvgIpc) is 3.25. The lowest BCUT2D eigenvalue weighted by atomic mass is 10.2. The highest BCUT2D eigenvalue weighted by atomic mass is 32.1. The number of thiazole rings is 1. The van der Waals surface area contributed by atoms with Crippen molar-refractivity contribution in [1.29, 1.82) is 0 Å². The number of hydrogen-bond acceptors (Lipinski definition) is 7. The van der Waals surface area contributed by atoms with Gasteiger partial charge in [0.15, 0.2) is 17.6 Å². The van der Waals surface area contributed by atoms with E-state index >= 15 is 0 Å². The molecule has 25 heavy (non-hydrogen) atoms. The van der Waals surface area contributed by atoms with Gasteiger partial charge in [-0.05, 0) is 13.8 Å². The van der Waals surface area contributed by atoms with Gasteiger partial charge in [0.1, 0.15) is 10.8 Å². The quantitative estimate of drug-likeness (QED) is 0.704. The Morgan fingerprint density at radius 1 is 1.28 bits per heavy atom. The van der Waals surface area contributed by atoms with Crippen molar-refractivity contribution in [3.8, 4) is 10.6 Å². The van der Waals surface area contributed by atoms with E-state index in [1.165, 1.54) is 18.3 Å². The summed E-state index contributed by atoms with van der Waals surface area (Å²) < 4.78 is 10.0. The molecule has 0 aliphatic carbocycles. The minimum Gasteiger partial charge on any atom is -0.448 e. The van der Waals surface area contributed by atoms with Crippen molar-refractivity contribution in [1.82, 2.24) is 10.1 Å². The summed E-state index contributed by atoms with van der Waals surface area (Å²) in [5, 5.41) is 8.48.